The lowest BCUT2D eigenvalue weighted by Gasteiger charge is -2.05. The first-order chi connectivity index (χ1) is 7.99. The van der Waals surface area contributed by atoms with Crippen LogP contribution in [0.5, 0.6) is 11.6 Å². The van der Waals surface area contributed by atoms with Crippen LogP contribution in [0.2, 0.25) is 0 Å². The average Bonchev–Trinajstić information content (AvgIpc) is 2.29. The van der Waals surface area contributed by atoms with Gasteiger partial charge in [-0.05, 0) is 18.2 Å². The van der Waals surface area contributed by atoms with E-state index in [2.05, 4.69) is 9.97 Å². The molecule has 1 heterocycles. The highest BCUT2D eigenvalue weighted by molar-refractivity contribution is 5.66. The van der Waals surface area contributed by atoms with Crippen LogP contribution in [0.15, 0.2) is 23.0 Å². The number of phenols is 1. The number of benzene rings is 1. The third-order valence-corrected chi connectivity index (χ3v) is 2.24. The van der Waals surface area contributed by atoms with Gasteiger partial charge in [0.25, 0.3) is 5.56 Å². The van der Waals surface area contributed by atoms with Gasteiger partial charge in [0, 0.05) is 5.56 Å². The number of nitrogens with two attached hydrogens (primary N) is 2. The molecule has 17 heavy (non-hydrogen) atoms. The highest BCUT2D eigenvalue weighted by Gasteiger charge is 2.09. The van der Waals surface area contributed by atoms with Crippen LogP contribution in [0.4, 0.5) is 11.4 Å². The SMILES string of the molecule is Nc1cc(-c2nc(O)c(N)c(=O)[nH]2)ccc1O. The van der Waals surface area contributed by atoms with Crippen LogP contribution in [0.3, 0.4) is 0 Å². The number of aromatic nitrogens is 2. The van der Waals surface area contributed by atoms with Crippen LogP contribution in [0, 0.1) is 0 Å². The summed E-state index contributed by atoms with van der Waals surface area (Å²) in [6.45, 7) is 0. The number of rotatable bonds is 1. The fourth-order valence-electron chi connectivity index (χ4n) is 1.31. The minimum atomic E-state index is -0.640. The molecule has 0 radical (unpaired) electrons. The van der Waals surface area contributed by atoms with E-state index in [1.54, 1.807) is 0 Å². The molecule has 0 aliphatic rings. The second-order valence-corrected chi connectivity index (χ2v) is 3.43. The lowest BCUT2D eigenvalue weighted by atomic mass is 10.2. The van der Waals surface area contributed by atoms with Crippen molar-refractivity contribution in [2.24, 2.45) is 0 Å². The van der Waals surface area contributed by atoms with E-state index in [-0.39, 0.29) is 22.9 Å². The van der Waals surface area contributed by atoms with Gasteiger partial charge in [0.05, 0.1) is 5.69 Å². The zero-order valence-electron chi connectivity index (χ0n) is 8.64. The summed E-state index contributed by atoms with van der Waals surface area (Å²) in [4.78, 5) is 17.4. The molecule has 0 saturated heterocycles. The largest absolute Gasteiger partial charge is 0.506 e. The number of nitrogens with one attached hydrogen (secondary N) is 1. The van der Waals surface area contributed by atoms with Crippen LogP contribution in [-0.4, -0.2) is 20.2 Å². The predicted octanol–water partition coefficient (Wildman–Crippen LogP) is 0.0125. The van der Waals surface area contributed by atoms with Gasteiger partial charge in [-0.1, -0.05) is 0 Å². The van der Waals surface area contributed by atoms with Crippen molar-refractivity contribution in [1.82, 2.24) is 9.97 Å². The molecule has 1 aromatic heterocycles. The van der Waals surface area contributed by atoms with E-state index in [1.807, 2.05) is 0 Å². The lowest BCUT2D eigenvalue weighted by molar-refractivity contribution is 0.455. The van der Waals surface area contributed by atoms with Crippen LogP contribution >= 0.6 is 0 Å². The number of nitrogen functional groups attached to an aromatic ring is 2. The standard InChI is InChI=1S/C10H10N4O3/c11-5-3-4(1-2-6(5)15)8-13-9(16)7(12)10(17)14-8/h1-3,15H,11-12H2,(H2,13,14,16,17). The van der Waals surface area contributed by atoms with Crippen molar-refractivity contribution >= 4 is 11.4 Å². The van der Waals surface area contributed by atoms with Gasteiger partial charge in [-0.25, -0.2) is 0 Å². The van der Waals surface area contributed by atoms with E-state index in [1.165, 1.54) is 18.2 Å². The normalized spacial score (nSPS) is 10.4. The van der Waals surface area contributed by atoms with E-state index in [0.717, 1.165) is 0 Å². The summed E-state index contributed by atoms with van der Waals surface area (Å²) in [6.07, 6.45) is 0. The molecule has 1 aromatic carbocycles. The van der Waals surface area contributed by atoms with Crippen molar-refractivity contribution < 1.29 is 10.2 Å². The molecule has 0 amide bonds. The van der Waals surface area contributed by atoms with Crippen LogP contribution < -0.4 is 17.0 Å². The fourth-order valence-corrected chi connectivity index (χ4v) is 1.31. The first kappa shape index (κ1) is 10.8. The average molecular weight is 234 g/mol. The van der Waals surface area contributed by atoms with Crippen molar-refractivity contribution in [3.05, 3.63) is 28.6 Å². The van der Waals surface area contributed by atoms with Crippen LogP contribution in [-0.2, 0) is 0 Å². The van der Waals surface area contributed by atoms with Gasteiger partial charge in [0.1, 0.15) is 11.6 Å². The quantitative estimate of drug-likeness (QED) is 0.348. The Kier molecular flexibility index (Phi) is 2.36. The summed E-state index contributed by atoms with van der Waals surface area (Å²) in [5, 5.41) is 18.6. The molecule has 0 bridgehead atoms. The molecule has 0 spiro atoms. The van der Waals surface area contributed by atoms with Crippen molar-refractivity contribution in [3.8, 4) is 23.0 Å². The number of hydrogen-bond donors (Lipinski definition) is 5. The molecule has 0 fully saturated rings. The monoisotopic (exact) mass is 234 g/mol. The highest BCUT2D eigenvalue weighted by Crippen LogP contribution is 2.26. The molecule has 7 nitrogen and oxygen atoms in total. The van der Waals surface area contributed by atoms with Gasteiger partial charge >= 0.3 is 0 Å². The Labute approximate surface area is 95.4 Å². The molecule has 2 rings (SSSR count). The number of hydrogen-bond acceptors (Lipinski definition) is 6. The molecule has 2 aromatic rings. The first-order valence-corrected chi connectivity index (χ1v) is 4.66. The second kappa shape index (κ2) is 3.71. The molecule has 0 atom stereocenters. The minimum absolute atomic E-state index is 0.0734. The smallest absolute Gasteiger partial charge is 0.278 e. The molecule has 7 N–H and O–H groups in total. The molecule has 0 aliphatic carbocycles. The molecular formula is C10H10N4O3. The number of H-pyrrole nitrogens is 1. The molecular weight excluding hydrogens is 224 g/mol. The highest BCUT2D eigenvalue weighted by atomic mass is 16.3. The Morgan fingerprint density at radius 1 is 1.24 bits per heavy atom. The molecule has 88 valence electrons. The summed E-state index contributed by atoms with van der Waals surface area (Å²) < 4.78 is 0. The molecule has 0 saturated carbocycles. The number of aromatic amines is 1. The third-order valence-electron chi connectivity index (χ3n) is 2.24. The molecule has 7 heteroatoms. The van der Waals surface area contributed by atoms with Crippen molar-refractivity contribution in [2.75, 3.05) is 11.5 Å². The molecule has 0 aliphatic heterocycles. The van der Waals surface area contributed by atoms with Gasteiger partial charge in [-0.2, -0.15) is 4.98 Å². The van der Waals surface area contributed by atoms with Crippen LogP contribution in [0.1, 0.15) is 0 Å². The second-order valence-electron chi connectivity index (χ2n) is 3.43. The summed E-state index contributed by atoms with van der Waals surface area (Å²) in [6, 6.07) is 4.28. The summed E-state index contributed by atoms with van der Waals surface area (Å²) >= 11 is 0. The number of nitrogens with zero attached hydrogens (tertiary/aromatic N) is 1. The van der Waals surface area contributed by atoms with Crippen molar-refractivity contribution in [3.63, 3.8) is 0 Å². The maximum absolute atomic E-state index is 11.3. The fraction of sp³-hybridized carbons (Fsp3) is 0. The maximum Gasteiger partial charge on any atom is 0.278 e. The first-order valence-electron chi connectivity index (χ1n) is 4.66. The minimum Gasteiger partial charge on any atom is -0.506 e. The van der Waals surface area contributed by atoms with E-state index in [9.17, 15) is 15.0 Å². The number of phenolic OH excluding ortho intramolecular Hbond substituents is 1. The van der Waals surface area contributed by atoms with E-state index in [0.29, 0.717) is 5.56 Å². The van der Waals surface area contributed by atoms with Gasteiger partial charge < -0.3 is 26.7 Å². The Hall–Kier alpha value is -2.70. The molecule has 0 unspecified atom stereocenters. The Morgan fingerprint density at radius 3 is 2.53 bits per heavy atom. The topological polar surface area (TPSA) is 138 Å². The van der Waals surface area contributed by atoms with Gasteiger partial charge in [-0.15, -0.1) is 0 Å². The van der Waals surface area contributed by atoms with Gasteiger partial charge in [0.2, 0.25) is 5.88 Å². The Morgan fingerprint density at radius 2 is 1.94 bits per heavy atom. The van der Waals surface area contributed by atoms with E-state index < -0.39 is 11.4 Å². The summed E-state index contributed by atoms with van der Waals surface area (Å²) in [5.74, 6) is -0.500. The van der Waals surface area contributed by atoms with Gasteiger partial charge in [-0.3, -0.25) is 4.79 Å². The van der Waals surface area contributed by atoms with Crippen molar-refractivity contribution in [2.45, 2.75) is 0 Å². The van der Waals surface area contributed by atoms with E-state index in [4.69, 9.17) is 11.5 Å². The number of aromatic hydroxyl groups is 2. The lowest BCUT2D eigenvalue weighted by Crippen LogP contribution is -2.14. The van der Waals surface area contributed by atoms with Crippen molar-refractivity contribution in [1.29, 1.82) is 0 Å². The zero-order valence-corrected chi connectivity index (χ0v) is 8.64. The zero-order chi connectivity index (χ0) is 12.6. The van der Waals surface area contributed by atoms with E-state index >= 15 is 0 Å². The van der Waals surface area contributed by atoms with Crippen LogP contribution in [0.25, 0.3) is 11.4 Å². The Bertz CT molecular complexity index is 636. The Balaban J connectivity index is 2.61. The van der Waals surface area contributed by atoms with Gasteiger partial charge in [0.15, 0.2) is 5.69 Å². The maximum atomic E-state index is 11.3. The summed E-state index contributed by atoms with van der Waals surface area (Å²) in [7, 11) is 0. The summed E-state index contributed by atoms with van der Waals surface area (Å²) in [5.41, 5.74) is 10.4. The third kappa shape index (κ3) is 1.85. The predicted molar refractivity (Wildman–Crippen MR) is 62.4 cm³/mol. The number of anilines is 2.